The zero-order valence-corrected chi connectivity index (χ0v) is 12.7. The van der Waals surface area contributed by atoms with Crippen LogP contribution in [-0.4, -0.2) is 37.1 Å². The highest BCUT2D eigenvalue weighted by atomic mass is 15.2. The lowest BCUT2D eigenvalue weighted by molar-refractivity contribution is 0.188. The van der Waals surface area contributed by atoms with Crippen molar-refractivity contribution in [2.24, 2.45) is 5.92 Å². The van der Waals surface area contributed by atoms with E-state index in [4.69, 9.17) is 0 Å². The zero-order chi connectivity index (χ0) is 13.7. The highest BCUT2D eigenvalue weighted by molar-refractivity contribution is 5.25. The highest BCUT2D eigenvalue weighted by Crippen LogP contribution is 2.12. The summed E-state index contributed by atoms with van der Waals surface area (Å²) in [7, 11) is 0. The second-order valence-corrected chi connectivity index (χ2v) is 6.26. The van der Waals surface area contributed by atoms with E-state index in [1.807, 2.05) is 0 Å². The van der Waals surface area contributed by atoms with Crippen LogP contribution in [0.2, 0.25) is 0 Å². The summed E-state index contributed by atoms with van der Waals surface area (Å²) in [5.74, 6) is 0.786. The lowest BCUT2D eigenvalue weighted by Crippen LogP contribution is -2.51. The van der Waals surface area contributed by atoms with Gasteiger partial charge in [0.1, 0.15) is 0 Å². The SMILES string of the molecule is Cc1ccccc1CCN1CCNC(CC(C)C)C1. The van der Waals surface area contributed by atoms with Crippen LogP contribution in [0.25, 0.3) is 0 Å². The van der Waals surface area contributed by atoms with Crippen LogP contribution in [0.3, 0.4) is 0 Å². The highest BCUT2D eigenvalue weighted by Gasteiger charge is 2.19. The van der Waals surface area contributed by atoms with E-state index >= 15 is 0 Å². The third-order valence-electron chi connectivity index (χ3n) is 4.05. The molecule has 1 saturated heterocycles. The Labute approximate surface area is 118 Å². The fourth-order valence-corrected chi connectivity index (χ4v) is 2.99. The van der Waals surface area contributed by atoms with E-state index in [0.29, 0.717) is 6.04 Å². The molecule has 2 nitrogen and oxygen atoms in total. The fraction of sp³-hybridized carbons (Fsp3) is 0.647. The van der Waals surface area contributed by atoms with Crippen molar-refractivity contribution in [2.45, 2.75) is 39.7 Å². The Balaban J connectivity index is 1.81. The molecule has 0 saturated carbocycles. The Bertz CT molecular complexity index is 387. The van der Waals surface area contributed by atoms with Gasteiger partial charge in [0, 0.05) is 32.2 Å². The van der Waals surface area contributed by atoms with E-state index < -0.39 is 0 Å². The minimum Gasteiger partial charge on any atom is -0.311 e. The molecule has 2 rings (SSSR count). The van der Waals surface area contributed by atoms with Crippen LogP contribution in [0.4, 0.5) is 0 Å². The van der Waals surface area contributed by atoms with Crippen molar-refractivity contribution in [1.29, 1.82) is 0 Å². The Kier molecular flexibility index (Phi) is 5.41. The van der Waals surface area contributed by atoms with Crippen molar-refractivity contribution in [3.8, 4) is 0 Å². The lowest BCUT2D eigenvalue weighted by atomic mass is 10.0. The third kappa shape index (κ3) is 4.63. The Hall–Kier alpha value is -0.860. The van der Waals surface area contributed by atoms with Gasteiger partial charge in [-0.1, -0.05) is 38.1 Å². The average molecular weight is 260 g/mol. The molecular weight excluding hydrogens is 232 g/mol. The predicted octanol–water partition coefficient (Wildman–Crippen LogP) is 2.86. The second kappa shape index (κ2) is 7.06. The van der Waals surface area contributed by atoms with Crippen LogP contribution in [0.15, 0.2) is 24.3 Å². The molecule has 1 aliphatic rings. The summed E-state index contributed by atoms with van der Waals surface area (Å²) in [4.78, 5) is 2.62. The van der Waals surface area contributed by atoms with Gasteiger partial charge in [-0.05, 0) is 36.8 Å². The van der Waals surface area contributed by atoms with Gasteiger partial charge in [-0.25, -0.2) is 0 Å². The summed E-state index contributed by atoms with van der Waals surface area (Å²) in [6.45, 7) is 11.6. The van der Waals surface area contributed by atoms with E-state index in [1.165, 1.54) is 43.6 Å². The molecule has 0 amide bonds. The van der Waals surface area contributed by atoms with Crippen LogP contribution in [0.1, 0.15) is 31.4 Å². The monoisotopic (exact) mass is 260 g/mol. The maximum Gasteiger partial charge on any atom is 0.0198 e. The Morgan fingerprint density at radius 3 is 2.84 bits per heavy atom. The topological polar surface area (TPSA) is 15.3 Å². The van der Waals surface area contributed by atoms with Gasteiger partial charge in [-0.3, -0.25) is 0 Å². The maximum absolute atomic E-state index is 3.65. The molecule has 2 heteroatoms. The average Bonchev–Trinajstić information content (AvgIpc) is 2.37. The maximum atomic E-state index is 3.65. The van der Waals surface area contributed by atoms with Gasteiger partial charge < -0.3 is 10.2 Å². The summed E-state index contributed by atoms with van der Waals surface area (Å²) in [5, 5.41) is 3.65. The van der Waals surface area contributed by atoms with Crippen LogP contribution in [0, 0.1) is 12.8 Å². The molecule has 1 fully saturated rings. The van der Waals surface area contributed by atoms with Crippen LogP contribution < -0.4 is 5.32 Å². The van der Waals surface area contributed by atoms with Gasteiger partial charge in [0.15, 0.2) is 0 Å². The molecular formula is C17H28N2. The van der Waals surface area contributed by atoms with Crippen molar-refractivity contribution >= 4 is 0 Å². The van der Waals surface area contributed by atoms with Crippen LogP contribution in [0.5, 0.6) is 0 Å². The molecule has 1 unspecified atom stereocenters. The number of nitrogens with one attached hydrogen (secondary N) is 1. The van der Waals surface area contributed by atoms with Crippen LogP contribution in [-0.2, 0) is 6.42 Å². The van der Waals surface area contributed by atoms with E-state index in [0.717, 1.165) is 12.5 Å². The summed E-state index contributed by atoms with van der Waals surface area (Å²) >= 11 is 0. The number of aryl methyl sites for hydroxylation is 1. The molecule has 0 bridgehead atoms. The number of hydrogen-bond acceptors (Lipinski definition) is 2. The van der Waals surface area contributed by atoms with Crippen molar-refractivity contribution < 1.29 is 0 Å². The minimum absolute atomic E-state index is 0.686. The predicted molar refractivity (Wildman–Crippen MR) is 82.6 cm³/mol. The molecule has 106 valence electrons. The molecule has 19 heavy (non-hydrogen) atoms. The Morgan fingerprint density at radius 1 is 1.32 bits per heavy atom. The molecule has 1 atom stereocenters. The van der Waals surface area contributed by atoms with Crippen LogP contribution >= 0.6 is 0 Å². The van der Waals surface area contributed by atoms with Crippen molar-refractivity contribution in [3.05, 3.63) is 35.4 Å². The first-order chi connectivity index (χ1) is 9.15. The summed E-state index contributed by atoms with van der Waals surface area (Å²) in [6.07, 6.45) is 2.47. The molecule has 0 aromatic heterocycles. The number of piperazine rings is 1. The quantitative estimate of drug-likeness (QED) is 0.876. The molecule has 1 heterocycles. The van der Waals surface area contributed by atoms with E-state index in [-0.39, 0.29) is 0 Å². The van der Waals surface area contributed by atoms with Gasteiger partial charge in [0.2, 0.25) is 0 Å². The summed E-state index contributed by atoms with van der Waals surface area (Å²) in [6, 6.07) is 9.45. The van der Waals surface area contributed by atoms with Crippen molar-refractivity contribution in [2.75, 3.05) is 26.2 Å². The molecule has 0 aliphatic carbocycles. The lowest BCUT2D eigenvalue weighted by Gasteiger charge is -2.34. The van der Waals surface area contributed by atoms with E-state index in [9.17, 15) is 0 Å². The molecule has 0 spiro atoms. The Morgan fingerprint density at radius 2 is 2.11 bits per heavy atom. The zero-order valence-electron chi connectivity index (χ0n) is 12.7. The molecule has 1 aliphatic heterocycles. The smallest absolute Gasteiger partial charge is 0.0198 e. The number of rotatable bonds is 5. The van der Waals surface area contributed by atoms with E-state index in [2.05, 4.69) is 55.3 Å². The molecule has 1 aromatic carbocycles. The molecule has 1 N–H and O–H groups in total. The minimum atomic E-state index is 0.686. The third-order valence-corrected chi connectivity index (χ3v) is 4.05. The fourth-order valence-electron chi connectivity index (χ4n) is 2.99. The largest absolute Gasteiger partial charge is 0.311 e. The molecule has 0 radical (unpaired) electrons. The first-order valence-corrected chi connectivity index (χ1v) is 7.65. The van der Waals surface area contributed by atoms with E-state index in [1.54, 1.807) is 0 Å². The van der Waals surface area contributed by atoms with Gasteiger partial charge >= 0.3 is 0 Å². The van der Waals surface area contributed by atoms with Gasteiger partial charge in [0.25, 0.3) is 0 Å². The van der Waals surface area contributed by atoms with Gasteiger partial charge in [-0.2, -0.15) is 0 Å². The summed E-state index contributed by atoms with van der Waals surface area (Å²) < 4.78 is 0. The van der Waals surface area contributed by atoms with Gasteiger partial charge in [-0.15, -0.1) is 0 Å². The number of hydrogen-bond donors (Lipinski definition) is 1. The standard InChI is InChI=1S/C17H28N2/c1-14(2)12-17-13-19(11-9-18-17)10-8-16-7-5-4-6-15(16)3/h4-7,14,17-18H,8-13H2,1-3H3. The second-order valence-electron chi connectivity index (χ2n) is 6.26. The van der Waals surface area contributed by atoms with Crippen molar-refractivity contribution in [3.63, 3.8) is 0 Å². The summed E-state index contributed by atoms with van der Waals surface area (Å²) in [5.41, 5.74) is 2.93. The van der Waals surface area contributed by atoms with Gasteiger partial charge in [0.05, 0.1) is 0 Å². The van der Waals surface area contributed by atoms with Crippen molar-refractivity contribution in [1.82, 2.24) is 10.2 Å². The first-order valence-electron chi connectivity index (χ1n) is 7.65. The number of benzene rings is 1. The first kappa shape index (κ1) is 14.5. The molecule has 1 aromatic rings. The normalized spacial score (nSPS) is 20.9. The number of nitrogens with zero attached hydrogens (tertiary/aromatic N) is 1.